The van der Waals surface area contributed by atoms with Gasteiger partial charge in [0.1, 0.15) is 11.3 Å². The number of nitrogens with one attached hydrogen (secondary N) is 1. The van der Waals surface area contributed by atoms with Gasteiger partial charge in [-0.25, -0.2) is 4.79 Å². The maximum Gasteiger partial charge on any atom is 0.342 e. The van der Waals surface area contributed by atoms with Crippen LogP contribution in [0, 0.1) is 0 Å². The van der Waals surface area contributed by atoms with Gasteiger partial charge in [-0.05, 0) is 43.2 Å². The van der Waals surface area contributed by atoms with Crippen LogP contribution < -0.4 is 10.1 Å². The van der Waals surface area contributed by atoms with Gasteiger partial charge in [-0.2, -0.15) is 0 Å². The van der Waals surface area contributed by atoms with E-state index < -0.39 is 5.97 Å². The zero-order valence-corrected chi connectivity index (χ0v) is 16.4. The van der Waals surface area contributed by atoms with E-state index in [1.165, 1.54) is 0 Å². The van der Waals surface area contributed by atoms with Crippen LogP contribution in [0.1, 0.15) is 42.2 Å². The molecule has 0 aromatic heterocycles. The summed E-state index contributed by atoms with van der Waals surface area (Å²) in [6, 6.07) is 14.4. The third-order valence-corrected chi connectivity index (χ3v) is 4.29. The quantitative estimate of drug-likeness (QED) is 0.648. The molecule has 6 heteroatoms. The number of esters is 1. The van der Waals surface area contributed by atoms with Gasteiger partial charge in [0.05, 0.1) is 12.6 Å². The Kier molecular flexibility index (Phi) is 7.66. The lowest BCUT2D eigenvalue weighted by atomic mass is 10.0. The van der Waals surface area contributed by atoms with Gasteiger partial charge < -0.3 is 14.8 Å². The molecule has 0 fully saturated rings. The molecule has 0 aliphatic rings. The number of hydrogen-bond acceptors (Lipinski definition) is 4. The van der Waals surface area contributed by atoms with Gasteiger partial charge in [-0.15, -0.1) is 0 Å². The van der Waals surface area contributed by atoms with E-state index in [1.807, 2.05) is 38.1 Å². The maximum atomic E-state index is 12.2. The van der Waals surface area contributed by atoms with Gasteiger partial charge >= 0.3 is 5.97 Å². The molecule has 0 saturated heterocycles. The minimum Gasteiger partial charge on any atom is -0.493 e. The molecule has 138 valence electrons. The lowest BCUT2D eigenvalue weighted by Gasteiger charge is -2.17. The van der Waals surface area contributed by atoms with Crippen molar-refractivity contribution in [1.82, 2.24) is 5.32 Å². The topological polar surface area (TPSA) is 64.6 Å². The van der Waals surface area contributed by atoms with E-state index in [1.54, 1.807) is 24.3 Å². The van der Waals surface area contributed by atoms with Crippen molar-refractivity contribution >= 4 is 27.8 Å². The second-order valence-electron chi connectivity index (χ2n) is 5.59. The second-order valence-corrected chi connectivity index (χ2v) is 6.50. The highest BCUT2D eigenvalue weighted by atomic mass is 79.9. The van der Waals surface area contributed by atoms with E-state index in [9.17, 15) is 9.59 Å². The smallest absolute Gasteiger partial charge is 0.342 e. The number of amides is 1. The predicted octanol–water partition coefficient (Wildman–Crippen LogP) is 4.27. The Labute approximate surface area is 161 Å². The van der Waals surface area contributed by atoms with Crippen molar-refractivity contribution in [2.45, 2.75) is 26.3 Å². The third-order valence-electron chi connectivity index (χ3n) is 3.76. The minimum atomic E-state index is -0.583. The van der Waals surface area contributed by atoms with Gasteiger partial charge in [0.25, 0.3) is 5.91 Å². The lowest BCUT2D eigenvalue weighted by molar-refractivity contribution is -0.125. The van der Waals surface area contributed by atoms with Crippen LogP contribution >= 0.6 is 15.9 Å². The fraction of sp³-hybridized carbons (Fsp3) is 0.300. The highest BCUT2D eigenvalue weighted by Gasteiger charge is 2.17. The van der Waals surface area contributed by atoms with Crippen LogP contribution in [0.3, 0.4) is 0 Å². The fourth-order valence-electron chi connectivity index (χ4n) is 2.48. The standard InChI is InChI=1S/C20H22BrNO4/c1-3-17(14-9-11-15(21)12-10-14)22-19(23)13-26-20(24)16-7-5-6-8-18(16)25-4-2/h5-12,17H,3-4,13H2,1-2H3,(H,22,23)/t17-/m1/s1. The van der Waals surface area contributed by atoms with Gasteiger partial charge in [0.15, 0.2) is 6.61 Å². The summed E-state index contributed by atoms with van der Waals surface area (Å²) in [6.07, 6.45) is 0.731. The van der Waals surface area contributed by atoms with E-state index in [-0.39, 0.29) is 18.6 Å². The SMILES string of the molecule is CCOc1ccccc1C(=O)OCC(=O)N[C@H](CC)c1ccc(Br)cc1. The first-order valence-corrected chi connectivity index (χ1v) is 9.28. The zero-order valence-electron chi connectivity index (χ0n) is 14.8. The van der Waals surface area contributed by atoms with Gasteiger partial charge in [-0.1, -0.05) is 47.1 Å². The van der Waals surface area contributed by atoms with Gasteiger partial charge in [0, 0.05) is 4.47 Å². The molecule has 0 spiro atoms. The van der Waals surface area contributed by atoms with Crippen molar-refractivity contribution in [1.29, 1.82) is 0 Å². The summed E-state index contributed by atoms with van der Waals surface area (Å²) in [5, 5.41) is 2.89. The number of carbonyl (C=O) groups is 2. The normalized spacial score (nSPS) is 11.5. The molecule has 1 amide bonds. The van der Waals surface area contributed by atoms with Crippen molar-refractivity contribution in [3.05, 3.63) is 64.1 Å². The average molecular weight is 420 g/mol. The van der Waals surface area contributed by atoms with Gasteiger partial charge in [0.2, 0.25) is 0 Å². The molecule has 2 aromatic carbocycles. The van der Waals surface area contributed by atoms with E-state index in [4.69, 9.17) is 9.47 Å². The molecule has 0 bridgehead atoms. The molecule has 2 aromatic rings. The molecule has 0 saturated carbocycles. The lowest BCUT2D eigenvalue weighted by Crippen LogP contribution is -2.32. The molecule has 0 heterocycles. The van der Waals surface area contributed by atoms with Crippen molar-refractivity contribution in [2.75, 3.05) is 13.2 Å². The van der Waals surface area contributed by atoms with Crippen LogP contribution in [-0.2, 0) is 9.53 Å². The Balaban J connectivity index is 1.93. The maximum absolute atomic E-state index is 12.2. The molecule has 0 radical (unpaired) electrons. The van der Waals surface area contributed by atoms with Crippen molar-refractivity contribution in [2.24, 2.45) is 0 Å². The Morgan fingerprint density at radius 1 is 1.08 bits per heavy atom. The van der Waals surface area contributed by atoms with E-state index in [0.717, 1.165) is 16.5 Å². The van der Waals surface area contributed by atoms with Crippen LogP contribution in [0.2, 0.25) is 0 Å². The summed E-state index contributed by atoms with van der Waals surface area (Å²) < 4.78 is 11.5. The summed E-state index contributed by atoms with van der Waals surface area (Å²) in [5.41, 5.74) is 1.30. The Morgan fingerprint density at radius 3 is 2.42 bits per heavy atom. The molecule has 1 atom stereocenters. The number of carbonyl (C=O) groups excluding carboxylic acids is 2. The summed E-state index contributed by atoms with van der Waals surface area (Å²) in [7, 11) is 0. The number of hydrogen-bond donors (Lipinski definition) is 1. The molecule has 2 rings (SSSR count). The monoisotopic (exact) mass is 419 g/mol. The number of para-hydroxylation sites is 1. The van der Waals surface area contributed by atoms with Crippen molar-refractivity contribution in [3.8, 4) is 5.75 Å². The Hall–Kier alpha value is -2.34. The molecular weight excluding hydrogens is 398 g/mol. The summed E-state index contributed by atoms with van der Waals surface area (Å²) >= 11 is 3.39. The molecule has 26 heavy (non-hydrogen) atoms. The van der Waals surface area contributed by atoms with E-state index in [0.29, 0.717) is 17.9 Å². The molecule has 1 N–H and O–H groups in total. The third kappa shape index (κ3) is 5.59. The molecule has 0 unspecified atom stereocenters. The number of benzene rings is 2. The Bertz CT molecular complexity index is 746. The number of rotatable bonds is 8. The highest BCUT2D eigenvalue weighted by molar-refractivity contribution is 9.10. The molecule has 0 aliphatic carbocycles. The highest BCUT2D eigenvalue weighted by Crippen LogP contribution is 2.20. The van der Waals surface area contributed by atoms with Crippen molar-refractivity contribution in [3.63, 3.8) is 0 Å². The largest absolute Gasteiger partial charge is 0.493 e. The molecule has 0 aliphatic heterocycles. The van der Waals surface area contributed by atoms with Crippen molar-refractivity contribution < 1.29 is 19.1 Å². The van der Waals surface area contributed by atoms with E-state index in [2.05, 4.69) is 21.2 Å². The Morgan fingerprint density at radius 2 is 1.77 bits per heavy atom. The van der Waals surface area contributed by atoms with Crippen LogP contribution in [-0.4, -0.2) is 25.1 Å². The predicted molar refractivity (Wildman–Crippen MR) is 103 cm³/mol. The average Bonchev–Trinajstić information content (AvgIpc) is 2.65. The zero-order chi connectivity index (χ0) is 18.9. The first-order chi connectivity index (χ1) is 12.5. The summed E-state index contributed by atoms with van der Waals surface area (Å²) in [5.74, 6) is -0.482. The number of halogens is 1. The fourth-order valence-corrected chi connectivity index (χ4v) is 2.74. The van der Waals surface area contributed by atoms with Crippen LogP contribution in [0.4, 0.5) is 0 Å². The molecule has 5 nitrogen and oxygen atoms in total. The number of ether oxygens (including phenoxy) is 2. The van der Waals surface area contributed by atoms with Crippen LogP contribution in [0.25, 0.3) is 0 Å². The second kappa shape index (κ2) is 9.97. The first kappa shape index (κ1) is 20.0. The minimum absolute atomic E-state index is 0.134. The van der Waals surface area contributed by atoms with Gasteiger partial charge in [-0.3, -0.25) is 4.79 Å². The molecular formula is C20H22BrNO4. The van der Waals surface area contributed by atoms with Crippen LogP contribution in [0.15, 0.2) is 53.0 Å². The summed E-state index contributed by atoms with van der Waals surface area (Å²) in [4.78, 5) is 24.4. The summed E-state index contributed by atoms with van der Waals surface area (Å²) in [6.45, 7) is 3.92. The van der Waals surface area contributed by atoms with Crippen LogP contribution in [0.5, 0.6) is 5.75 Å². The van der Waals surface area contributed by atoms with E-state index >= 15 is 0 Å². The first-order valence-electron chi connectivity index (χ1n) is 8.48.